The van der Waals surface area contributed by atoms with Crippen LogP contribution in [-0.2, 0) is 0 Å². The molecule has 0 fully saturated rings. The lowest BCUT2D eigenvalue weighted by molar-refractivity contribution is 0.415. The van der Waals surface area contributed by atoms with Gasteiger partial charge in [-0.05, 0) is 25.6 Å². The van der Waals surface area contributed by atoms with E-state index in [0.29, 0.717) is 11.9 Å². The van der Waals surface area contributed by atoms with E-state index in [4.69, 9.17) is 9.15 Å². The van der Waals surface area contributed by atoms with E-state index < -0.39 is 0 Å². The van der Waals surface area contributed by atoms with Crippen molar-refractivity contribution < 1.29 is 9.15 Å². The molecule has 0 aliphatic heterocycles. The molecule has 19 heavy (non-hydrogen) atoms. The first-order valence-corrected chi connectivity index (χ1v) is 6.21. The number of anilines is 2. The van der Waals surface area contributed by atoms with E-state index in [-0.39, 0.29) is 6.04 Å². The fraction of sp³-hybridized carbons (Fsp3) is 0.385. The Labute approximate surface area is 112 Å². The molecule has 0 saturated heterocycles. The standard InChI is InChI=1S/C13H18N4O2/c1-4-14-9(2)12-16-17-13(19-12)15-10-7-5-6-8-11(10)18-3/h5-9,14H,4H2,1-3H3,(H,15,17). The molecule has 0 aliphatic rings. The van der Waals surface area contributed by atoms with Crippen LogP contribution in [0.15, 0.2) is 28.7 Å². The summed E-state index contributed by atoms with van der Waals surface area (Å²) in [5, 5.41) is 14.2. The number of hydrogen-bond donors (Lipinski definition) is 2. The number of methoxy groups -OCH3 is 1. The molecule has 2 aromatic rings. The lowest BCUT2D eigenvalue weighted by Crippen LogP contribution is -2.17. The number of rotatable bonds is 6. The van der Waals surface area contributed by atoms with Gasteiger partial charge in [-0.3, -0.25) is 0 Å². The Balaban J connectivity index is 2.11. The largest absolute Gasteiger partial charge is 0.495 e. The van der Waals surface area contributed by atoms with Gasteiger partial charge in [0.05, 0.1) is 18.8 Å². The maximum atomic E-state index is 5.55. The summed E-state index contributed by atoms with van der Waals surface area (Å²) in [4.78, 5) is 0. The first-order chi connectivity index (χ1) is 9.24. The number of nitrogens with one attached hydrogen (secondary N) is 2. The van der Waals surface area contributed by atoms with Crippen molar-refractivity contribution in [2.45, 2.75) is 19.9 Å². The predicted octanol–water partition coefficient (Wildman–Crippen LogP) is 2.49. The van der Waals surface area contributed by atoms with Gasteiger partial charge < -0.3 is 19.8 Å². The van der Waals surface area contributed by atoms with Crippen molar-refractivity contribution in [3.8, 4) is 5.75 Å². The normalized spacial score (nSPS) is 12.2. The Bertz CT molecular complexity index is 527. The molecule has 0 bridgehead atoms. The maximum absolute atomic E-state index is 5.55. The highest BCUT2D eigenvalue weighted by Crippen LogP contribution is 2.26. The SMILES string of the molecule is CCNC(C)c1nnc(Nc2ccccc2OC)o1. The molecule has 6 heteroatoms. The molecule has 1 aromatic carbocycles. The summed E-state index contributed by atoms with van der Waals surface area (Å²) in [6.07, 6.45) is 0. The second kappa shape index (κ2) is 6.19. The monoisotopic (exact) mass is 262 g/mol. The van der Waals surface area contributed by atoms with E-state index in [2.05, 4.69) is 20.8 Å². The third-order valence-electron chi connectivity index (χ3n) is 2.67. The zero-order valence-corrected chi connectivity index (χ0v) is 11.3. The molecule has 1 heterocycles. The van der Waals surface area contributed by atoms with E-state index in [1.54, 1.807) is 7.11 Å². The minimum Gasteiger partial charge on any atom is -0.495 e. The molecule has 6 nitrogen and oxygen atoms in total. The Morgan fingerprint density at radius 2 is 2.11 bits per heavy atom. The van der Waals surface area contributed by atoms with Crippen molar-refractivity contribution >= 4 is 11.7 Å². The van der Waals surface area contributed by atoms with E-state index in [1.165, 1.54) is 0 Å². The van der Waals surface area contributed by atoms with Crippen molar-refractivity contribution in [1.29, 1.82) is 0 Å². The van der Waals surface area contributed by atoms with Crippen molar-refractivity contribution in [2.75, 3.05) is 19.0 Å². The number of para-hydroxylation sites is 2. The summed E-state index contributed by atoms with van der Waals surface area (Å²) in [5.41, 5.74) is 0.788. The number of hydrogen-bond acceptors (Lipinski definition) is 6. The second-order valence-corrected chi connectivity index (χ2v) is 4.05. The number of aromatic nitrogens is 2. The molecule has 0 saturated carbocycles. The van der Waals surface area contributed by atoms with Crippen molar-refractivity contribution in [3.05, 3.63) is 30.2 Å². The number of nitrogens with zero attached hydrogens (tertiary/aromatic N) is 2. The Hall–Kier alpha value is -2.08. The molecule has 0 amide bonds. The molecule has 1 atom stereocenters. The van der Waals surface area contributed by atoms with Crippen LogP contribution in [0.1, 0.15) is 25.8 Å². The van der Waals surface area contributed by atoms with Gasteiger partial charge in [-0.1, -0.05) is 24.2 Å². The molecule has 0 spiro atoms. The third kappa shape index (κ3) is 3.23. The Morgan fingerprint density at radius 3 is 2.84 bits per heavy atom. The topological polar surface area (TPSA) is 72.2 Å². The van der Waals surface area contributed by atoms with Crippen LogP contribution < -0.4 is 15.4 Å². The lowest BCUT2D eigenvalue weighted by Gasteiger charge is -2.08. The highest BCUT2D eigenvalue weighted by atomic mass is 16.5. The van der Waals surface area contributed by atoms with Gasteiger partial charge in [0.15, 0.2) is 0 Å². The zero-order chi connectivity index (χ0) is 13.7. The Morgan fingerprint density at radius 1 is 1.32 bits per heavy atom. The minimum atomic E-state index is 0.0331. The van der Waals surface area contributed by atoms with Crippen LogP contribution in [0.4, 0.5) is 11.7 Å². The number of benzene rings is 1. The quantitative estimate of drug-likeness (QED) is 0.833. The van der Waals surface area contributed by atoms with E-state index >= 15 is 0 Å². The van der Waals surface area contributed by atoms with Crippen LogP contribution in [-0.4, -0.2) is 23.9 Å². The minimum absolute atomic E-state index is 0.0331. The summed E-state index contributed by atoms with van der Waals surface area (Å²) < 4.78 is 10.8. The molecular formula is C13H18N4O2. The fourth-order valence-electron chi connectivity index (χ4n) is 1.72. The second-order valence-electron chi connectivity index (χ2n) is 4.05. The van der Waals surface area contributed by atoms with Crippen molar-refractivity contribution in [3.63, 3.8) is 0 Å². The summed E-state index contributed by atoms with van der Waals surface area (Å²) in [6.45, 7) is 4.85. The molecule has 1 aromatic heterocycles. The highest BCUT2D eigenvalue weighted by molar-refractivity contribution is 5.61. The van der Waals surface area contributed by atoms with Gasteiger partial charge in [-0.15, -0.1) is 5.10 Å². The van der Waals surface area contributed by atoms with Gasteiger partial charge in [-0.25, -0.2) is 0 Å². The van der Waals surface area contributed by atoms with E-state index in [1.807, 2.05) is 38.1 Å². The third-order valence-corrected chi connectivity index (χ3v) is 2.67. The molecule has 102 valence electrons. The lowest BCUT2D eigenvalue weighted by atomic mass is 10.3. The summed E-state index contributed by atoms with van der Waals surface area (Å²) >= 11 is 0. The van der Waals surface area contributed by atoms with Crippen LogP contribution >= 0.6 is 0 Å². The fourth-order valence-corrected chi connectivity index (χ4v) is 1.72. The first-order valence-electron chi connectivity index (χ1n) is 6.21. The van der Waals surface area contributed by atoms with Crippen molar-refractivity contribution in [2.24, 2.45) is 0 Å². The average molecular weight is 262 g/mol. The molecule has 1 unspecified atom stereocenters. The van der Waals surface area contributed by atoms with Gasteiger partial charge in [0.1, 0.15) is 5.75 Å². The predicted molar refractivity (Wildman–Crippen MR) is 72.7 cm³/mol. The van der Waals surface area contributed by atoms with E-state index in [0.717, 1.165) is 18.0 Å². The van der Waals surface area contributed by atoms with Crippen LogP contribution in [0.25, 0.3) is 0 Å². The first kappa shape index (κ1) is 13.4. The van der Waals surface area contributed by atoms with Crippen molar-refractivity contribution in [1.82, 2.24) is 15.5 Å². The molecule has 0 radical (unpaired) electrons. The summed E-state index contributed by atoms with van der Waals surface area (Å²) in [7, 11) is 1.62. The van der Waals surface area contributed by atoms with Crippen LogP contribution in [0, 0.1) is 0 Å². The number of ether oxygens (including phenoxy) is 1. The smallest absolute Gasteiger partial charge is 0.320 e. The molecular weight excluding hydrogens is 244 g/mol. The Kier molecular flexibility index (Phi) is 4.35. The van der Waals surface area contributed by atoms with E-state index in [9.17, 15) is 0 Å². The van der Waals surface area contributed by atoms with Gasteiger partial charge in [0.25, 0.3) is 0 Å². The zero-order valence-electron chi connectivity index (χ0n) is 11.3. The maximum Gasteiger partial charge on any atom is 0.320 e. The van der Waals surface area contributed by atoms with Crippen LogP contribution in [0.3, 0.4) is 0 Å². The highest BCUT2D eigenvalue weighted by Gasteiger charge is 2.13. The molecule has 0 aliphatic carbocycles. The molecule has 2 rings (SSSR count). The van der Waals surface area contributed by atoms with Gasteiger partial charge in [0, 0.05) is 0 Å². The van der Waals surface area contributed by atoms with Crippen LogP contribution in [0.2, 0.25) is 0 Å². The van der Waals surface area contributed by atoms with Gasteiger partial charge >= 0.3 is 6.01 Å². The molecule has 2 N–H and O–H groups in total. The van der Waals surface area contributed by atoms with Gasteiger partial charge in [0.2, 0.25) is 5.89 Å². The summed E-state index contributed by atoms with van der Waals surface area (Å²) in [5.74, 6) is 1.28. The summed E-state index contributed by atoms with van der Waals surface area (Å²) in [6, 6.07) is 7.94. The average Bonchev–Trinajstić information content (AvgIpc) is 2.88. The van der Waals surface area contributed by atoms with Gasteiger partial charge in [-0.2, -0.15) is 0 Å². The van der Waals surface area contributed by atoms with Crippen LogP contribution in [0.5, 0.6) is 5.75 Å².